The van der Waals surface area contributed by atoms with Gasteiger partial charge in [0.25, 0.3) is 0 Å². The minimum atomic E-state index is -0.843. The Hall–Kier alpha value is -1.66. The average molecular weight is 1140 g/mol. The van der Waals surface area contributed by atoms with Gasteiger partial charge in [-0.25, -0.2) is 0 Å². The molecule has 6 heteroatoms. The molecule has 0 aromatic carbocycles. The highest BCUT2D eigenvalue weighted by Gasteiger charge is 2.18. The number of nitrogens with one attached hydrogen (secondary N) is 1. The maximum atomic E-state index is 12.5. The molecule has 0 aliphatic carbocycles. The number of allylic oxidation sites excluding steroid dienone is 3. The zero-order chi connectivity index (χ0) is 58.5. The standard InChI is InChI=1S/C75H145NO5/c1-3-5-7-9-11-13-15-17-18-19-34-37-40-44-47-51-55-59-63-67-73(78)72(71-77)76-74(79)68-64-60-56-52-48-45-41-38-35-32-30-28-26-24-22-20-21-23-25-27-29-31-33-36-39-42-46-50-54-58-62-66-70-81-75(80)69-65-61-57-53-49-43-16-14-12-10-8-6-4-2/h23,25,63,67,72-73,77-78H,3-22,24,26-62,64-66,68-71H2,1-2H3,(H,76,79)/b25-23-,67-63+. The highest BCUT2D eigenvalue weighted by molar-refractivity contribution is 5.76. The van der Waals surface area contributed by atoms with Gasteiger partial charge in [0.05, 0.1) is 25.4 Å². The summed E-state index contributed by atoms with van der Waals surface area (Å²) in [6.45, 7) is 4.95. The number of aliphatic hydroxyl groups excluding tert-OH is 2. The molecule has 0 aromatic rings. The van der Waals surface area contributed by atoms with Gasteiger partial charge in [0, 0.05) is 12.8 Å². The highest BCUT2D eigenvalue weighted by atomic mass is 16.5. The molecule has 0 aliphatic heterocycles. The van der Waals surface area contributed by atoms with Crippen molar-refractivity contribution in [1.29, 1.82) is 0 Å². The fraction of sp³-hybridized carbons (Fsp3) is 0.920. The van der Waals surface area contributed by atoms with E-state index in [2.05, 4.69) is 31.3 Å². The molecule has 0 saturated carbocycles. The molecule has 81 heavy (non-hydrogen) atoms. The maximum absolute atomic E-state index is 12.5. The lowest BCUT2D eigenvalue weighted by molar-refractivity contribution is -0.143. The van der Waals surface area contributed by atoms with Crippen LogP contribution >= 0.6 is 0 Å². The predicted octanol–water partition coefficient (Wildman–Crippen LogP) is 24.1. The summed E-state index contributed by atoms with van der Waals surface area (Å²) in [6, 6.07) is -0.626. The summed E-state index contributed by atoms with van der Waals surface area (Å²) in [5.41, 5.74) is 0. The maximum Gasteiger partial charge on any atom is 0.305 e. The van der Waals surface area contributed by atoms with E-state index in [1.165, 1.54) is 353 Å². The van der Waals surface area contributed by atoms with Crippen LogP contribution in [-0.4, -0.2) is 47.4 Å². The van der Waals surface area contributed by atoms with Crippen molar-refractivity contribution in [2.24, 2.45) is 0 Å². The van der Waals surface area contributed by atoms with Crippen LogP contribution in [0.5, 0.6) is 0 Å². The lowest BCUT2D eigenvalue weighted by Crippen LogP contribution is -2.45. The molecule has 0 bridgehead atoms. The van der Waals surface area contributed by atoms with Crippen LogP contribution in [0.15, 0.2) is 24.3 Å². The Labute approximate surface area is 507 Å². The van der Waals surface area contributed by atoms with Gasteiger partial charge in [0.15, 0.2) is 0 Å². The molecule has 2 atom stereocenters. The number of rotatable bonds is 70. The number of aliphatic hydroxyl groups is 2. The van der Waals surface area contributed by atoms with E-state index in [4.69, 9.17) is 4.74 Å². The zero-order valence-corrected chi connectivity index (χ0v) is 55.0. The number of hydrogen-bond acceptors (Lipinski definition) is 5. The third-order valence-electron chi connectivity index (χ3n) is 17.5. The molecule has 3 N–H and O–H groups in total. The van der Waals surface area contributed by atoms with E-state index >= 15 is 0 Å². The van der Waals surface area contributed by atoms with Crippen LogP contribution in [0.4, 0.5) is 0 Å². The fourth-order valence-electron chi connectivity index (χ4n) is 11.8. The van der Waals surface area contributed by atoms with Crippen LogP contribution in [0, 0.1) is 0 Å². The number of carbonyl (C=O) groups is 2. The van der Waals surface area contributed by atoms with Crippen molar-refractivity contribution in [1.82, 2.24) is 5.32 Å². The summed E-state index contributed by atoms with van der Waals surface area (Å²) in [5.74, 6) is -0.0411. The van der Waals surface area contributed by atoms with Crippen molar-refractivity contribution in [3.05, 3.63) is 24.3 Å². The lowest BCUT2D eigenvalue weighted by Gasteiger charge is -2.20. The van der Waals surface area contributed by atoms with Crippen LogP contribution < -0.4 is 5.32 Å². The van der Waals surface area contributed by atoms with E-state index in [1.807, 2.05) is 6.08 Å². The first kappa shape index (κ1) is 79.3. The van der Waals surface area contributed by atoms with Crippen molar-refractivity contribution in [3.63, 3.8) is 0 Å². The Morgan fingerprint density at radius 2 is 0.580 bits per heavy atom. The highest BCUT2D eigenvalue weighted by Crippen LogP contribution is 2.19. The first-order chi connectivity index (χ1) is 40.0. The van der Waals surface area contributed by atoms with Gasteiger partial charge in [-0.1, -0.05) is 372 Å². The monoisotopic (exact) mass is 1140 g/mol. The van der Waals surface area contributed by atoms with Crippen molar-refractivity contribution in [3.8, 4) is 0 Å². The van der Waals surface area contributed by atoms with Crippen molar-refractivity contribution < 1.29 is 24.5 Å². The van der Waals surface area contributed by atoms with Crippen LogP contribution in [0.1, 0.15) is 418 Å². The van der Waals surface area contributed by atoms with Gasteiger partial charge in [0.2, 0.25) is 5.91 Å². The van der Waals surface area contributed by atoms with E-state index in [0.717, 1.165) is 38.5 Å². The first-order valence-corrected chi connectivity index (χ1v) is 37.1. The number of ether oxygens (including phenoxy) is 1. The Balaban J connectivity index is 3.37. The Kier molecular flexibility index (Phi) is 69.4. The van der Waals surface area contributed by atoms with Gasteiger partial charge in [-0.05, 0) is 57.8 Å². The molecule has 6 nitrogen and oxygen atoms in total. The van der Waals surface area contributed by atoms with E-state index in [-0.39, 0.29) is 18.5 Å². The molecule has 1 amide bonds. The molecule has 0 rings (SSSR count). The van der Waals surface area contributed by atoms with Gasteiger partial charge < -0.3 is 20.3 Å². The predicted molar refractivity (Wildman–Crippen MR) is 356 cm³/mol. The van der Waals surface area contributed by atoms with Gasteiger partial charge in [-0.2, -0.15) is 0 Å². The van der Waals surface area contributed by atoms with Crippen LogP contribution in [0.3, 0.4) is 0 Å². The molecule has 0 saturated heterocycles. The third-order valence-corrected chi connectivity index (χ3v) is 17.5. The average Bonchev–Trinajstić information content (AvgIpc) is 3.47. The number of amides is 1. The molecule has 0 heterocycles. The van der Waals surface area contributed by atoms with E-state index in [1.54, 1.807) is 6.08 Å². The molecular formula is C75H145NO5. The van der Waals surface area contributed by atoms with E-state index in [0.29, 0.717) is 19.4 Å². The quantitative estimate of drug-likeness (QED) is 0.0320. The smallest absolute Gasteiger partial charge is 0.305 e. The number of unbranched alkanes of at least 4 members (excludes halogenated alkanes) is 57. The normalized spacial score (nSPS) is 12.6. The van der Waals surface area contributed by atoms with Crippen LogP contribution in [-0.2, 0) is 14.3 Å². The largest absolute Gasteiger partial charge is 0.466 e. The van der Waals surface area contributed by atoms with E-state index in [9.17, 15) is 19.8 Å². The third kappa shape index (κ3) is 67.3. The molecule has 0 fully saturated rings. The summed E-state index contributed by atoms with van der Waals surface area (Å²) in [5, 5.41) is 23.2. The number of esters is 1. The van der Waals surface area contributed by atoms with Crippen molar-refractivity contribution >= 4 is 11.9 Å². The fourth-order valence-corrected chi connectivity index (χ4v) is 11.8. The molecule has 0 radical (unpaired) electrons. The molecule has 0 aliphatic rings. The Bertz CT molecular complexity index is 1270. The molecule has 0 aromatic heterocycles. The van der Waals surface area contributed by atoms with Crippen LogP contribution in [0.2, 0.25) is 0 Å². The first-order valence-electron chi connectivity index (χ1n) is 37.1. The van der Waals surface area contributed by atoms with Crippen LogP contribution in [0.25, 0.3) is 0 Å². The molecule has 0 spiro atoms. The summed E-state index contributed by atoms with van der Waals surface area (Å²) >= 11 is 0. The van der Waals surface area contributed by atoms with Gasteiger partial charge in [-0.15, -0.1) is 0 Å². The number of carbonyl (C=O) groups excluding carboxylic acids is 2. The summed E-state index contributed by atoms with van der Waals surface area (Å²) < 4.78 is 5.49. The second kappa shape index (κ2) is 70.8. The van der Waals surface area contributed by atoms with Crippen molar-refractivity contribution in [2.75, 3.05) is 13.2 Å². The summed E-state index contributed by atoms with van der Waals surface area (Å²) in [4.78, 5) is 24.6. The van der Waals surface area contributed by atoms with Gasteiger partial charge in [0.1, 0.15) is 0 Å². The minimum Gasteiger partial charge on any atom is -0.466 e. The number of hydrogen-bond donors (Lipinski definition) is 3. The van der Waals surface area contributed by atoms with Gasteiger partial charge in [-0.3, -0.25) is 9.59 Å². The molecule has 2 unspecified atom stereocenters. The second-order valence-corrected chi connectivity index (χ2v) is 25.6. The topological polar surface area (TPSA) is 95.9 Å². The lowest BCUT2D eigenvalue weighted by atomic mass is 10.0. The van der Waals surface area contributed by atoms with Gasteiger partial charge >= 0.3 is 5.97 Å². The molecule has 480 valence electrons. The Morgan fingerprint density at radius 1 is 0.333 bits per heavy atom. The molecular weight excluding hydrogens is 995 g/mol. The second-order valence-electron chi connectivity index (χ2n) is 25.6. The zero-order valence-electron chi connectivity index (χ0n) is 55.0. The minimum absolute atomic E-state index is 0.0202. The van der Waals surface area contributed by atoms with Crippen molar-refractivity contribution in [2.45, 2.75) is 431 Å². The Morgan fingerprint density at radius 3 is 0.877 bits per heavy atom. The summed E-state index contributed by atoms with van der Waals surface area (Å²) in [6.07, 6.45) is 89.9. The van der Waals surface area contributed by atoms with E-state index < -0.39 is 12.1 Å². The summed E-state index contributed by atoms with van der Waals surface area (Å²) in [7, 11) is 0. The SMILES string of the molecule is CCCCCCCCCCCCCCCCCCC/C=C/C(O)C(CO)NC(=O)CCCCCCCCCCCCCCCCCC/C=C\CCCCCCCCCCCCCCOC(=O)CCCCCCCCCCCCCCC.